The second-order valence-electron chi connectivity index (χ2n) is 5.59. The van der Waals surface area contributed by atoms with Crippen molar-refractivity contribution >= 4 is 15.9 Å². The summed E-state index contributed by atoms with van der Waals surface area (Å²) in [6.07, 6.45) is 7.42. The fraction of sp³-hybridized carbons (Fsp3) is 0.389. The van der Waals surface area contributed by atoms with Gasteiger partial charge in [-0.25, -0.2) is 8.42 Å². The van der Waals surface area contributed by atoms with E-state index in [4.69, 9.17) is 4.74 Å². The second kappa shape index (κ2) is 9.50. The number of nitrogens with one attached hydrogen (secondary N) is 1. The molecule has 6 nitrogen and oxygen atoms in total. The van der Waals surface area contributed by atoms with Gasteiger partial charge in [-0.15, -0.1) is 0 Å². The summed E-state index contributed by atoms with van der Waals surface area (Å²) in [6.45, 7) is 4.01. The smallest absolute Gasteiger partial charge is 0.243 e. The van der Waals surface area contributed by atoms with Crippen molar-refractivity contribution in [1.29, 1.82) is 0 Å². The Morgan fingerprint density at radius 2 is 1.88 bits per heavy atom. The molecule has 0 saturated carbocycles. The molecule has 1 aliphatic heterocycles. The van der Waals surface area contributed by atoms with Gasteiger partial charge in [0.2, 0.25) is 15.9 Å². The minimum atomic E-state index is -3.46. The van der Waals surface area contributed by atoms with Crippen molar-refractivity contribution in [2.75, 3.05) is 32.8 Å². The zero-order chi connectivity index (χ0) is 18.1. The fourth-order valence-electron chi connectivity index (χ4n) is 2.41. The number of nitrogens with zero attached hydrogens (tertiary/aromatic N) is 1. The van der Waals surface area contributed by atoms with Crippen LogP contribution >= 0.6 is 0 Å². The van der Waals surface area contributed by atoms with Gasteiger partial charge in [-0.3, -0.25) is 4.79 Å². The summed E-state index contributed by atoms with van der Waals surface area (Å²) in [5.74, 6) is -0.149. The summed E-state index contributed by atoms with van der Waals surface area (Å²) in [7, 11) is -3.46. The van der Waals surface area contributed by atoms with Gasteiger partial charge in [-0.05, 0) is 31.0 Å². The molecule has 1 aliphatic rings. The number of rotatable bonds is 7. The number of hydrogen-bond acceptors (Lipinski definition) is 4. The number of sulfonamides is 1. The maximum absolute atomic E-state index is 12.5. The first-order valence-corrected chi connectivity index (χ1v) is 9.72. The number of ether oxygens (including phenoxy) is 1. The number of hydrogen-bond donors (Lipinski definition) is 1. The molecule has 7 heteroatoms. The molecule has 0 radical (unpaired) electrons. The fourth-order valence-corrected chi connectivity index (χ4v) is 3.82. The highest BCUT2D eigenvalue weighted by molar-refractivity contribution is 7.89. The third-order valence-electron chi connectivity index (χ3n) is 3.80. The first-order valence-electron chi connectivity index (χ1n) is 8.28. The van der Waals surface area contributed by atoms with Crippen LogP contribution in [-0.2, 0) is 26.0 Å². The molecule has 0 bridgehead atoms. The average Bonchev–Trinajstić information content (AvgIpc) is 2.63. The van der Waals surface area contributed by atoms with E-state index in [2.05, 4.69) is 5.32 Å². The van der Waals surface area contributed by atoms with Crippen LogP contribution in [0.25, 0.3) is 0 Å². The molecule has 2 rings (SSSR count). The zero-order valence-electron chi connectivity index (χ0n) is 14.3. The van der Waals surface area contributed by atoms with E-state index in [1.807, 2.05) is 13.0 Å². The van der Waals surface area contributed by atoms with E-state index in [0.29, 0.717) is 39.3 Å². The van der Waals surface area contributed by atoms with Crippen LogP contribution in [0.15, 0.2) is 53.5 Å². The first-order chi connectivity index (χ1) is 12.0. The van der Waals surface area contributed by atoms with Crippen LogP contribution in [0.4, 0.5) is 0 Å². The van der Waals surface area contributed by atoms with Gasteiger partial charge in [0.1, 0.15) is 0 Å². The Balaban J connectivity index is 1.88. The molecule has 1 aromatic carbocycles. The lowest BCUT2D eigenvalue weighted by atomic mass is 10.1. The summed E-state index contributed by atoms with van der Waals surface area (Å²) in [4.78, 5) is 11.8. The average molecular weight is 364 g/mol. The van der Waals surface area contributed by atoms with Gasteiger partial charge < -0.3 is 10.1 Å². The first kappa shape index (κ1) is 19.4. The second-order valence-corrected chi connectivity index (χ2v) is 7.52. The van der Waals surface area contributed by atoms with Crippen LogP contribution in [0.5, 0.6) is 0 Å². The largest absolute Gasteiger partial charge is 0.379 e. The Morgan fingerprint density at radius 1 is 1.20 bits per heavy atom. The predicted octanol–water partition coefficient (Wildman–Crippen LogP) is 1.50. The van der Waals surface area contributed by atoms with Crippen molar-refractivity contribution in [3.8, 4) is 0 Å². The molecule has 0 aliphatic carbocycles. The molecule has 1 aromatic rings. The zero-order valence-corrected chi connectivity index (χ0v) is 15.2. The van der Waals surface area contributed by atoms with Crippen molar-refractivity contribution in [1.82, 2.24) is 9.62 Å². The van der Waals surface area contributed by atoms with Crippen LogP contribution in [0.3, 0.4) is 0 Å². The van der Waals surface area contributed by atoms with Crippen molar-refractivity contribution < 1.29 is 17.9 Å². The summed E-state index contributed by atoms with van der Waals surface area (Å²) in [6, 6.07) is 6.81. The lowest BCUT2D eigenvalue weighted by Crippen LogP contribution is -2.40. The van der Waals surface area contributed by atoms with Crippen LogP contribution in [0.1, 0.15) is 12.5 Å². The van der Waals surface area contributed by atoms with Crippen LogP contribution in [-0.4, -0.2) is 51.5 Å². The van der Waals surface area contributed by atoms with Gasteiger partial charge in [-0.2, -0.15) is 4.31 Å². The van der Waals surface area contributed by atoms with E-state index in [1.54, 1.807) is 36.4 Å². The molecule has 0 aromatic heterocycles. The highest BCUT2D eigenvalue weighted by atomic mass is 32.2. The molecule has 1 saturated heterocycles. The Labute approximate surface area is 149 Å². The van der Waals surface area contributed by atoms with Crippen molar-refractivity contribution in [2.24, 2.45) is 0 Å². The summed E-state index contributed by atoms with van der Waals surface area (Å²) in [5, 5.41) is 2.79. The Morgan fingerprint density at radius 3 is 2.52 bits per heavy atom. The van der Waals surface area contributed by atoms with E-state index >= 15 is 0 Å². The van der Waals surface area contributed by atoms with E-state index < -0.39 is 10.0 Å². The van der Waals surface area contributed by atoms with Gasteiger partial charge >= 0.3 is 0 Å². The maximum atomic E-state index is 12.5. The number of morpholine rings is 1. The molecule has 0 unspecified atom stereocenters. The van der Waals surface area contributed by atoms with Gasteiger partial charge in [-0.1, -0.05) is 30.4 Å². The van der Waals surface area contributed by atoms with Gasteiger partial charge in [0.15, 0.2) is 0 Å². The predicted molar refractivity (Wildman–Crippen MR) is 96.7 cm³/mol. The monoisotopic (exact) mass is 364 g/mol. The van der Waals surface area contributed by atoms with Gasteiger partial charge in [0, 0.05) is 25.7 Å². The standard InChI is InChI=1S/C18H24N2O4S/c1-2-3-4-5-18(21)19-11-10-16-6-8-17(9-7-16)25(22,23)20-12-14-24-15-13-20/h2-9H,10-15H2,1H3,(H,19,21)/b3-2+,5-4+. The molecule has 136 valence electrons. The lowest BCUT2D eigenvalue weighted by Gasteiger charge is -2.26. The summed E-state index contributed by atoms with van der Waals surface area (Å²) in [5.41, 5.74) is 0.971. The summed E-state index contributed by atoms with van der Waals surface area (Å²) >= 11 is 0. The third kappa shape index (κ3) is 5.81. The van der Waals surface area contributed by atoms with E-state index in [-0.39, 0.29) is 10.8 Å². The minimum absolute atomic E-state index is 0.149. The number of benzene rings is 1. The molecule has 1 N–H and O–H groups in total. The van der Waals surface area contributed by atoms with Crippen molar-refractivity contribution in [3.05, 3.63) is 54.1 Å². The topological polar surface area (TPSA) is 75.7 Å². The Kier molecular flexibility index (Phi) is 7.36. The number of allylic oxidation sites excluding steroid dienone is 3. The lowest BCUT2D eigenvalue weighted by molar-refractivity contribution is -0.116. The van der Waals surface area contributed by atoms with E-state index in [0.717, 1.165) is 5.56 Å². The highest BCUT2D eigenvalue weighted by Crippen LogP contribution is 2.17. The molecule has 0 spiro atoms. The molecule has 25 heavy (non-hydrogen) atoms. The minimum Gasteiger partial charge on any atom is -0.379 e. The SMILES string of the molecule is C/C=C/C=C/C(=O)NCCc1ccc(S(=O)(=O)N2CCOCC2)cc1. The van der Waals surface area contributed by atoms with E-state index in [1.165, 1.54) is 10.4 Å². The Hall–Kier alpha value is -1.96. The molecule has 1 fully saturated rings. The van der Waals surface area contributed by atoms with Crippen molar-refractivity contribution in [3.63, 3.8) is 0 Å². The maximum Gasteiger partial charge on any atom is 0.243 e. The van der Waals surface area contributed by atoms with Crippen LogP contribution in [0.2, 0.25) is 0 Å². The van der Waals surface area contributed by atoms with Crippen LogP contribution < -0.4 is 5.32 Å². The highest BCUT2D eigenvalue weighted by Gasteiger charge is 2.25. The van der Waals surface area contributed by atoms with Crippen LogP contribution in [0, 0.1) is 0 Å². The molecular weight excluding hydrogens is 340 g/mol. The normalized spacial score (nSPS) is 16.5. The van der Waals surface area contributed by atoms with E-state index in [9.17, 15) is 13.2 Å². The third-order valence-corrected chi connectivity index (χ3v) is 5.71. The Bertz CT molecular complexity index is 718. The number of carbonyl (C=O) groups is 1. The molecule has 0 atom stereocenters. The van der Waals surface area contributed by atoms with Gasteiger partial charge in [0.25, 0.3) is 0 Å². The quantitative estimate of drug-likeness (QED) is 0.588. The van der Waals surface area contributed by atoms with Gasteiger partial charge in [0.05, 0.1) is 18.1 Å². The number of amides is 1. The summed E-state index contributed by atoms with van der Waals surface area (Å²) < 4.78 is 31.7. The number of carbonyl (C=O) groups excluding carboxylic acids is 1. The van der Waals surface area contributed by atoms with Crippen molar-refractivity contribution in [2.45, 2.75) is 18.2 Å². The molecule has 1 amide bonds. The molecule has 1 heterocycles. The molecular formula is C18H24N2O4S.